The van der Waals surface area contributed by atoms with Crippen LogP contribution in [0.2, 0.25) is 0 Å². The molecule has 1 aromatic heterocycles. The number of fused-ring (bicyclic) bond motifs is 1. The lowest BCUT2D eigenvalue weighted by molar-refractivity contribution is -0.119. The van der Waals surface area contributed by atoms with Gasteiger partial charge in [0, 0.05) is 30.5 Å². The van der Waals surface area contributed by atoms with Crippen molar-refractivity contribution in [3.63, 3.8) is 0 Å². The van der Waals surface area contributed by atoms with E-state index in [4.69, 9.17) is 5.26 Å². The van der Waals surface area contributed by atoms with Crippen molar-refractivity contribution >= 4 is 17.8 Å². The van der Waals surface area contributed by atoms with Crippen molar-refractivity contribution in [2.45, 2.75) is 19.8 Å². The van der Waals surface area contributed by atoms with Gasteiger partial charge in [-0.2, -0.15) is 10.4 Å². The van der Waals surface area contributed by atoms with Crippen LogP contribution < -0.4 is 10.3 Å². The van der Waals surface area contributed by atoms with Gasteiger partial charge in [0.25, 0.3) is 5.91 Å². The molecular weight excluding hydrogens is 314 g/mol. The lowest BCUT2D eigenvalue weighted by Gasteiger charge is -2.30. The van der Waals surface area contributed by atoms with Gasteiger partial charge in [0.2, 0.25) is 0 Å². The number of aryl methyl sites for hydroxylation is 1. The number of benzene rings is 1. The molecule has 2 heterocycles. The molecule has 1 amide bonds. The molecule has 1 aromatic carbocycles. The molecule has 6 heteroatoms. The van der Waals surface area contributed by atoms with E-state index >= 15 is 0 Å². The van der Waals surface area contributed by atoms with Crippen LogP contribution >= 0.6 is 0 Å². The maximum absolute atomic E-state index is 12.2. The van der Waals surface area contributed by atoms with E-state index in [1.54, 1.807) is 16.8 Å². The minimum absolute atomic E-state index is 0.151. The number of nitrogens with zero attached hydrogens (tertiary/aromatic N) is 4. The van der Waals surface area contributed by atoms with E-state index in [1.807, 2.05) is 26.1 Å². The molecule has 0 fully saturated rings. The fourth-order valence-corrected chi connectivity index (χ4v) is 3.12. The number of nitrogens with one attached hydrogen (secondary N) is 1. The highest BCUT2D eigenvalue weighted by Gasteiger charge is 2.18. The van der Waals surface area contributed by atoms with Crippen molar-refractivity contribution in [2.75, 3.05) is 18.0 Å². The molecule has 3 rings (SSSR count). The van der Waals surface area contributed by atoms with Crippen LogP contribution in [0.5, 0.6) is 0 Å². The molecule has 0 aliphatic carbocycles. The molecule has 0 saturated carbocycles. The molecule has 1 N–H and O–H groups in total. The number of nitriles is 1. The molecule has 128 valence electrons. The maximum Gasteiger partial charge on any atom is 0.259 e. The molecule has 0 saturated heterocycles. The van der Waals surface area contributed by atoms with Gasteiger partial charge < -0.3 is 9.47 Å². The predicted molar refractivity (Wildman–Crippen MR) is 97.6 cm³/mol. The second kappa shape index (κ2) is 7.22. The van der Waals surface area contributed by atoms with Crippen LogP contribution in [0, 0.1) is 18.3 Å². The SMILES string of the molecule is Cc1c(/C=N/NC(=O)CN2CCCc3ccccc32)cc(C#N)n1C. The minimum Gasteiger partial charge on any atom is -0.362 e. The van der Waals surface area contributed by atoms with Gasteiger partial charge >= 0.3 is 0 Å². The van der Waals surface area contributed by atoms with Crippen LogP contribution in [0.4, 0.5) is 5.69 Å². The van der Waals surface area contributed by atoms with Gasteiger partial charge in [0.05, 0.1) is 12.8 Å². The molecule has 25 heavy (non-hydrogen) atoms. The average Bonchev–Trinajstić information content (AvgIpc) is 2.90. The number of amides is 1. The number of hydrogen-bond acceptors (Lipinski definition) is 4. The first kappa shape index (κ1) is 16.8. The second-order valence-electron chi connectivity index (χ2n) is 6.19. The normalized spacial score (nSPS) is 13.6. The van der Waals surface area contributed by atoms with Gasteiger partial charge in [-0.25, -0.2) is 5.43 Å². The minimum atomic E-state index is -0.151. The summed E-state index contributed by atoms with van der Waals surface area (Å²) in [4.78, 5) is 14.3. The molecule has 0 bridgehead atoms. The number of carbonyl (C=O) groups is 1. The van der Waals surface area contributed by atoms with E-state index in [1.165, 1.54) is 5.56 Å². The van der Waals surface area contributed by atoms with Gasteiger partial charge in [-0.3, -0.25) is 4.79 Å². The summed E-state index contributed by atoms with van der Waals surface area (Å²) in [5, 5.41) is 13.1. The first-order chi connectivity index (χ1) is 12.1. The molecule has 0 atom stereocenters. The summed E-state index contributed by atoms with van der Waals surface area (Å²) in [5.41, 5.74) is 7.31. The average molecular weight is 335 g/mol. The molecule has 0 radical (unpaired) electrons. The number of aromatic nitrogens is 1. The van der Waals surface area contributed by atoms with Crippen molar-refractivity contribution in [3.8, 4) is 6.07 Å². The Hall–Kier alpha value is -3.07. The summed E-state index contributed by atoms with van der Waals surface area (Å²) < 4.78 is 1.80. The number of rotatable bonds is 4. The van der Waals surface area contributed by atoms with Crippen LogP contribution in [0.25, 0.3) is 0 Å². The molecule has 1 aliphatic rings. The van der Waals surface area contributed by atoms with Crippen LogP contribution in [-0.2, 0) is 18.3 Å². The molecule has 1 aliphatic heterocycles. The van der Waals surface area contributed by atoms with Gasteiger partial charge in [-0.05, 0) is 37.5 Å². The van der Waals surface area contributed by atoms with Crippen molar-refractivity contribution in [2.24, 2.45) is 12.1 Å². The number of carbonyl (C=O) groups excluding carboxylic acids is 1. The standard InChI is InChI=1S/C19H21N5O/c1-14-16(10-17(11-20)23(14)2)12-21-22-19(25)13-24-9-5-7-15-6-3-4-8-18(15)24/h3-4,6,8,10,12H,5,7,9,13H2,1-2H3,(H,22,25)/b21-12+. The Balaban J connectivity index is 1.62. The Labute approximate surface area is 147 Å². The third-order valence-corrected chi connectivity index (χ3v) is 4.62. The van der Waals surface area contributed by atoms with Crippen LogP contribution in [0.15, 0.2) is 35.4 Å². The number of anilines is 1. The molecule has 0 unspecified atom stereocenters. The zero-order chi connectivity index (χ0) is 17.8. The third-order valence-electron chi connectivity index (χ3n) is 4.62. The Morgan fingerprint density at radius 3 is 3.00 bits per heavy atom. The zero-order valence-corrected chi connectivity index (χ0v) is 14.5. The summed E-state index contributed by atoms with van der Waals surface area (Å²) in [6, 6.07) is 12.1. The molecular formula is C19H21N5O. The first-order valence-corrected chi connectivity index (χ1v) is 8.31. The Morgan fingerprint density at radius 2 is 2.24 bits per heavy atom. The van der Waals surface area contributed by atoms with Crippen LogP contribution in [0.3, 0.4) is 0 Å². The zero-order valence-electron chi connectivity index (χ0n) is 14.5. The van der Waals surface area contributed by atoms with Crippen molar-refractivity contribution in [1.29, 1.82) is 5.26 Å². The summed E-state index contributed by atoms with van der Waals surface area (Å²) in [5.74, 6) is -0.151. The van der Waals surface area contributed by atoms with Crippen molar-refractivity contribution in [3.05, 3.63) is 52.8 Å². The monoisotopic (exact) mass is 335 g/mol. The smallest absolute Gasteiger partial charge is 0.259 e. The second-order valence-corrected chi connectivity index (χ2v) is 6.19. The van der Waals surface area contributed by atoms with Crippen molar-refractivity contribution in [1.82, 2.24) is 9.99 Å². The highest BCUT2D eigenvalue weighted by molar-refractivity contribution is 5.86. The lowest BCUT2D eigenvalue weighted by Crippen LogP contribution is -2.38. The summed E-state index contributed by atoms with van der Waals surface area (Å²) in [6.07, 6.45) is 3.69. The van der Waals surface area contributed by atoms with E-state index in [-0.39, 0.29) is 12.5 Å². The van der Waals surface area contributed by atoms with Crippen molar-refractivity contribution < 1.29 is 4.79 Å². The lowest BCUT2D eigenvalue weighted by atomic mass is 10.0. The molecule has 2 aromatic rings. The van der Waals surface area contributed by atoms with Gasteiger partial charge in [0.15, 0.2) is 0 Å². The Morgan fingerprint density at radius 1 is 1.44 bits per heavy atom. The largest absolute Gasteiger partial charge is 0.362 e. The van der Waals surface area contributed by atoms with Crippen LogP contribution in [-0.4, -0.2) is 29.8 Å². The summed E-state index contributed by atoms with van der Waals surface area (Å²) in [7, 11) is 1.83. The molecule has 6 nitrogen and oxygen atoms in total. The van der Waals surface area contributed by atoms with Crippen LogP contribution in [0.1, 0.15) is 28.9 Å². The van der Waals surface area contributed by atoms with Gasteiger partial charge in [0.1, 0.15) is 11.8 Å². The Kier molecular flexibility index (Phi) is 4.85. The topological polar surface area (TPSA) is 73.4 Å². The number of hydrogen-bond donors (Lipinski definition) is 1. The quantitative estimate of drug-likeness (QED) is 0.687. The fraction of sp³-hybridized carbons (Fsp3) is 0.316. The number of hydrazone groups is 1. The highest BCUT2D eigenvalue weighted by Crippen LogP contribution is 2.26. The van der Waals surface area contributed by atoms with Gasteiger partial charge in [-0.1, -0.05) is 18.2 Å². The van der Waals surface area contributed by atoms with E-state index in [2.05, 4.69) is 33.6 Å². The highest BCUT2D eigenvalue weighted by atomic mass is 16.2. The van der Waals surface area contributed by atoms with E-state index in [9.17, 15) is 4.79 Å². The fourth-order valence-electron chi connectivity index (χ4n) is 3.12. The van der Waals surface area contributed by atoms with E-state index in [0.717, 1.165) is 36.3 Å². The third kappa shape index (κ3) is 3.56. The van der Waals surface area contributed by atoms with E-state index in [0.29, 0.717) is 5.69 Å². The first-order valence-electron chi connectivity index (χ1n) is 8.31. The Bertz CT molecular complexity index is 859. The summed E-state index contributed by atoms with van der Waals surface area (Å²) in [6.45, 7) is 3.07. The van der Waals surface area contributed by atoms with Gasteiger partial charge in [-0.15, -0.1) is 0 Å². The summed E-state index contributed by atoms with van der Waals surface area (Å²) >= 11 is 0. The maximum atomic E-state index is 12.2. The predicted octanol–water partition coefficient (Wildman–Crippen LogP) is 2.11. The van der Waals surface area contributed by atoms with E-state index < -0.39 is 0 Å². The number of para-hydroxylation sites is 1. The molecule has 0 spiro atoms.